The van der Waals surface area contributed by atoms with Gasteiger partial charge in [0.15, 0.2) is 0 Å². The van der Waals surface area contributed by atoms with Gasteiger partial charge >= 0.3 is 18.0 Å². The summed E-state index contributed by atoms with van der Waals surface area (Å²) in [4.78, 5) is 35.2. The predicted molar refractivity (Wildman–Crippen MR) is 79.8 cm³/mol. The SMILES string of the molecule is CC/C=C/C(=O)OCC1=C(C(=O)OCC)[C@@H](CC)NC(=O)N1. The summed E-state index contributed by atoms with van der Waals surface area (Å²) in [7, 11) is 0. The molecule has 0 unspecified atom stereocenters. The van der Waals surface area contributed by atoms with Crippen molar-refractivity contribution in [2.75, 3.05) is 13.2 Å². The van der Waals surface area contributed by atoms with Crippen LogP contribution in [-0.4, -0.2) is 37.2 Å². The van der Waals surface area contributed by atoms with Crippen LogP contribution in [-0.2, 0) is 19.1 Å². The Labute approximate surface area is 129 Å². The summed E-state index contributed by atoms with van der Waals surface area (Å²) in [6, 6.07) is -0.900. The maximum absolute atomic E-state index is 12.1. The lowest BCUT2D eigenvalue weighted by Gasteiger charge is -2.28. The number of rotatable bonds is 7. The van der Waals surface area contributed by atoms with Crippen molar-refractivity contribution in [3.63, 3.8) is 0 Å². The summed E-state index contributed by atoms with van der Waals surface area (Å²) >= 11 is 0. The van der Waals surface area contributed by atoms with Crippen molar-refractivity contribution < 1.29 is 23.9 Å². The highest BCUT2D eigenvalue weighted by atomic mass is 16.5. The zero-order chi connectivity index (χ0) is 16.5. The number of amides is 2. The molecule has 1 heterocycles. The van der Waals surface area contributed by atoms with E-state index in [4.69, 9.17) is 9.47 Å². The third-order valence-electron chi connectivity index (χ3n) is 3.00. The summed E-state index contributed by atoms with van der Waals surface area (Å²) in [6.45, 7) is 5.46. The van der Waals surface area contributed by atoms with Crippen molar-refractivity contribution in [1.82, 2.24) is 10.6 Å². The molecule has 7 heteroatoms. The fraction of sp³-hybridized carbons (Fsp3) is 0.533. The lowest BCUT2D eigenvalue weighted by atomic mass is 10.0. The van der Waals surface area contributed by atoms with Crippen LogP contribution < -0.4 is 10.6 Å². The molecule has 1 rings (SSSR count). The van der Waals surface area contributed by atoms with E-state index in [0.29, 0.717) is 12.8 Å². The molecule has 0 aromatic rings. The molecule has 0 radical (unpaired) electrons. The Hall–Kier alpha value is -2.31. The molecule has 2 amide bonds. The van der Waals surface area contributed by atoms with E-state index < -0.39 is 24.0 Å². The number of esters is 2. The van der Waals surface area contributed by atoms with E-state index in [-0.39, 0.29) is 24.5 Å². The maximum Gasteiger partial charge on any atom is 0.338 e. The van der Waals surface area contributed by atoms with Crippen molar-refractivity contribution in [2.45, 2.75) is 39.7 Å². The number of nitrogens with one attached hydrogen (secondary N) is 2. The van der Waals surface area contributed by atoms with Crippen LogP contribution in [0.2, 0.25) is 0 Å². The van der Waals surface area contributed by atoms with Crippen LogP contribution in [0.1, 0.15) is 33.6 Å². The van der Waals surface area contributed by atoms with Gasteiger partial charge in [-0.15, -0.1) is 0 Å². The van der Waals surface area contributed by atoms with E-state index in [2.05, 4.69) is 10.6 Å². The number of ether oxygens (including phenoxy) is 2. The van der Waals surface area contributed by atoms with Crippen molar-refractivity contribution >= 4 is 18.0 Å². The summed E-state index contributed by atoms with van der Waals surface area (Å²) in [5, 5.41) is 5.15. The minimum atomic E-state index is -0.531. The Morgan fingerprint density at radius 2 is 1.95 bits per heavy atom. The molecular formula is C15H22N2O5. The largest absolute Gasteiger partial charge is 0.463 e. The van der Waals surface area contributed by atoms with Crippen LogP contribution in [0.5, 0.6) is 0 Å². The Bertz CT molecular complexity index is 496. The van der Waals surface area contributed by atoms with Gasteiger partial charge in [-0.1, -0.05) is 19.9 Å². The standard InChI is InChI=1S/C15H22N2O5/c1-4-7-8-12(18)22-9-11-13(14(19)21-6-3)10(5-2)16-15(20)17-11/h7-8,10H,4-6,9H2,1-3H3,(H2,16,17,20)/b8-7+/t10-/m1/s1. The molecule has 0 aromatic carbocycles. The predicted octanol–water partition coefficient (Wildman–Crippen LogP) is 1.40. The molecule has 22 heavy (non-hydrogen) atoms. The average molecular weight is 310 g/mol. The second kappa shape index (κ2) is 8.86. The van der Waals surface area contributed by atoms with Crippen molar-refractivity contribution in [2.24, 2.45) is 0 Å². The fourth-order valence-corrected chi connectivity index (χ4v) is 1.98. The van der Waals surface area contributed by atoms with E-state index in [1.807, 2.05) is 13.8 Å². The molecule has 2 N–H and O–H groups in total. The number of carbonyl (C=O) groups excluding carboxylic acids is 3. The van der Waals surface area contributed by atoms with Gasteiger partial charge in [0.05, 0.1) is 23.9 Å². The summed E-state index contributed by atoms with van der Waals surface area (Å²) in [6.07, 6.45) is 4.21. The molecule has 0 aliphatic carbocycles. The van der Waals surface area contributed by atoms with Gasteiger partial charge in [-0.25, -0.2) is 14.4 Å². The molecule has 122 valence electrons. The molecule has 0 fully saturated rings. The second-order valence-electron chi connectivity index (χ2n) is 4.59. The van der Waals surface area contributed by atoms with E-state index in [1.165, 1.54) is 6.08 Å². The van der Waals surface area contributed by atoms with E-state index in [1.54, 1.807) is 13.0 Å². The minimum absolute atomic E-state index is 0.190. The Kier molecular flexibility index (Phi) is 7.15. The van der Waals surface area contributed by atoms with Gasteiger partial charge in [-0.2, -0.15) is 0 Å². The number of urea groups is 1. The van der Waals surface area contributed by atoms with Crippen LogP contribution in [0.25, 0.3) is 0 Å². The van der Waals surface area contributed by atoms with Gasteiger partial charge in [-0.3, -0.25) is 0 Å². The first-order valence-electron chi connectivity index (χ1n) is 7.34. The normalized spacial score (nSPS) is 18.0. The van der Waals surface area contributed by atoms with Gasteiger partial charge < -0.3 is 20.1 Å². The number of allylic oxidation sites excluding steroid dienone is 1. The molecule has 0 saturated heterocycles. The molecule has 0 bridgehead atoms. The summed E-state index contributed by atoms with van der Waals surface area (Å²) in [5.41, 5.74) is 0.545. The Morgan fingerprint density at radius 1 is 1.23 bits per heavy atom. The molecule has 0 saturated carbocycles. The molecule has 0 aromatic heterocycles. The van der Waals surface area contributed by atoms with Crippen LogP contribution in [0.15, 0.2) is 23.4 Å². The van der Waals surface area contributed by atoms with Crippen molar-refractivity contribution in [3.8, 4) is 0 Å². The lowest BCUT2D eigenvalue weighted by molar-refractivity contribution is -0.140. The molecule has 1 aliphatic rings. The highest BCUT2D eigenvalue weighted by Gasteiger charge is 2.31. The first-order valence-corrected chi connectivity index (χ1v) is 7.34. The number of hydrogen-bond donors (Lipinski definition) is 2. The van der Waals surface area contributed by atoms with E-state index in [9.17, 15) is 14.4 Å². The topological polar surface area (TPSA) is 93.7 Å². The monoisotopic (exact) mass is 310 g/mol. The highest BCUT2D eigenvalue weighted by molar-refractivity contribution is 5.95. The second-order valence-corrected chi connectivity index (χ2v) is 4.59. The third kappa shape index (κ3) is 4.91. The Morgan fingerprint density at radius 3 is 2.55 bits per heavy atom. The van der Waals surface area contributed by atoms with Gasteiger partial charge in [0.25, 0.3) is 0 Å². The average Bonchev–Trinajstić information content (AvgIpc) is 2.50. The first kappa shape index (κ1) is 17.7. The minimum Gasteiger partial charge on any atom is -0.463 e. The fourth-order valence-electron chi connectivity index (χ4n) is 1.98. The molecule has 7 nitrogen and oxygen atoms in total. The van der Waals surface area contributed by atoms with Gasteiger partial charge in [-0.05, 0) is 19.8 Å². The zero-order valence-corrected chi connectivity index (χ0v) is 13.1. The number of hydrogen-bond acceptors (Lipinski definition) is 5. The van der Waals surface area contributed by atoms with Crippen molar-refractivity contribution in [3.05, 3.63) is 23.4 Å². The highest BCUT2D eigenvalue weighted by Crippen LogP contribution is 2.17. The van der Waals surface area contributed by atoms with Gasteiger partial charge in [0.1, 0.15) is 6.61 Å². The van der Waals surface area contributed by atoms with Crippen LogP contribution in [0.4, 0.5) is 4.79 Å². The third-order valence-corrected chi connectivity index (χ3v) is 3.00. The first-order chi connectivity index (χ1) is 10.5. The summed E-state index contributed by atoms with van der Waals surface area (Å²) < 4.78 is 10.1. The molecule has 1 atom stereocenters. The van der Waals surface area contributed by atoms with Crippen LogP contribution >= 0.6 is 0 Å². The smallest absolute Gasteiger partial charge is 0.338 e. The lowest BCUT2D eigenvalue weighted by Crippen LogP contribution is -2.51. The Balaban J connectivity index is 2.94. The van der Waals surface area contributed by atoms with Crippen LogP contribution in [0, 0.1) is 0 Å². The number of carbonyl (C=O) groups is 3. The summed E-state index contributed by atoms with van der Waals surface area (Å²) in [5.74, 6) is -1.06. The van der Waals surface area contributed by atoms with E-state index in [0.717, 1.165) is 0 Å². The van der Waals surface area contributed by atoms with E-state index >= 15 is 0 Å². The maximum atomic E-state index is 12.1. The molecule has 1 aliphatic heterocycles. The quantitative estimate of drug-likeness (QED) is 0.547. The molecule has 0 spiro atoms. The molecular weight excluding hydrogens is 288 g/mol. The van der Waals surface area contributed by atoms with Gasteiger partial charge in [0.2, 0.25) is 0 Å². The van der Waals surface area contributed by atoms with Gasteiger partial charge in [0, 0.05) is 6.08 Å². The van der Waals surface area contributed by atoms with Crippen molar-refractivity contribution in [1.29, 1.82) is 0 Å². The zero-order valence-electron chi connectivity index (χ0n) is 13.1. The van der Waals surface area contributed by atoms with Crippen LogP contribution in [0.3, 0.4) is 0 Å².